The summed E-state index contributed by atoms with van der Waals surface area (Å²) in [5, 5.41) is 5.63. The lowest BCUT2D eigenvalue weighted by Crippen LogP contribution is -2.50. The minimum atomic E-state index is -0.221. The molecule has 1 fully saturated rings. The van der Waals surface area contributed by atoms with Crippen LogP contribution in [0.5, 0.6) is 0 Å². The first-order valence-electron chi connectivity index (χ1n) is 10.3. The summed E-state index contributed by atoms with van der Waals surface area (Å²) in [6.07, 6.45) is 0. The van der Waals surface area contributed by atoms with Gasteiger partial charge in [0.1, 0.15) is 0 Å². The summed E-state index contributed by atoms with van der Waals surface area (Å²) in [4.78, 5) is 32.8. The van der Waals surface area contributed by atoms with Crippen LogP contribution in [0.25, 0.3) is 16.5 Å². The maximum absolute atomic E-state index is 13.4. The fourth-order valence-electron chi connectivity index (χ4n) is 3.76. The summed E-state index contributed by atoms with van der Waals surface area (Å²) in [5.41, 5.74) is 0.758. The molecule has 3 aromatic rings. The average Bonchev–Trinajstić information content (AvgIpc) is 2.78. The highest BCUT2D eigenvalue weighted by Crippen LogP contribution is 2.18. The monoisotopic (exact) mass is 405 g/mol. The van der Waals surface area contributed by atoms with Crippen molar-refractivity contribution in [2.45, 2.75) is 0 Å². The van der Waals surface area contributed by atoms with Crippen molar-refractivity contribution < 1.29 is 4.79 Å². The number of carbonyl (C=O) groups is 1. The zero-order valence-electron chi connectivity index (χ0n) is 17.5. The number of likely N-dealkylation sites (N-methyl/N-ethyl adjacent to an activating group) is 1. The van der Waals surface area contributed by atoms with Crippen LogP contribution in [0.3, 0.4) is 0 Å². The van der Waals surface area contributed by atoms with Gasteiger partial charge in [0.05, 0.1) is 11.1 Å². The summed E-state index contributed by atoms with van der Waals surface area (Å²) >= 11 is 0. The fourth-order valence-corrected chi connectivity index (χ4v) is 3.76. The average molecular weight is 406 g/mol. The van der Waals surface area contributed by atoms with E-state index in [4.69, 9.17) is 0 Å². The molecule has 4 rings (SSSR count). The number of para-hydroxylation sites is 1. The largest absolute Gasteiger partial charge is 0.335 e. The molecule has 0 radical (unpaired) electrons. The number of hydrogen-bond acceptors (Lipinski definition) is 5. The Kier molecular flexibility index (Phi) is 5.92. The van der Waals surface area contributed by atoms with E-state index in [2.05, 4.69) is 29.0 Å². The lowest BCUT2D eigenvalue weighted by molar-refractivity contribution is 0.0624. The molecule has 0 spiro atoms. The Morgan fingerprint density at radius 3 is 2.23 bits per heavy atom. The molecular weight excluding hydrogens is 378 g/mol. The Hall–Kier alpha value is -3.03. The summed E-state index contributed by atoms with van der Waals surface area (Å²) in [6.45, 7) is 5.00. The highest BCUT2D eigenvalue weighted by Gasteiger charge is 2.26. The van der Waals surface area contributed by atoms with Gasteiger partial charge in [-0.1, -0.05) is 36.4 Å². The summed E-state index contributed by atoms with van der Waals surface area (Å²) in [5.74, 6) is -0.122. The molecule has 1 aliphatic heterocycles. The molecule has 1 aromatic heterocycles. The number of hydrogen-bond donors (Lipinski definition) is 0. The fraction of sp³-hybridized carbons (Fsp3) is 0.348. The number of fused-ring (bicyclic) bond motifs is 1. The van der Waals surface area contributed by atoms with Crippen LogP contribution in [0.1, 0.15) is 10.5 Å². The van der Waals surface area contributed by atoms with Crippen molar-refractivity contribution in [3.05, 3.63) is 70.6 Å². The topological polar surface area (TPSA) is 61.7 Å². The molecule has 0 aliphatic carbocycles. The molecule has 0 N–H and O–H groups in total. The van der Waals surface area contributed by atoms with Crippen LogP contribution in [0.15, 0.2) is 59.4 Å². The SMILES string of the molecule is CN(C)CCN1CCN(C(=O)c2nn(-c3ccccc3)c(=O)c3ccccc23)CC1. The Morgan fingerprint density at radius 1 is 0.933 bits per heavy atom. The van der Waals surface area contributed by atoms with E-state index in [-0.39, 0.29) is 11.5 Å². The number of nitrogens with zero attached hydrogens (tertiary/aromatic N) is 5. The number of rotatable bonds is 5. The Bertz CT molecular complexity index is 1090. The smallest absolute Gasteiger partial charge is 0.279 e. The predicted molar refractivity (Wildman–Crippen MR) is 118 cm³/mol. The van der Waals surface area contributed by atoms with Gasteiger partial charge in [-0.2, -0.15) is 9.78 Å². The molecule has 2 aromatic carbocycles. The molecule has 1 aliphatic rings. The van der Waals surface area contributed by atoms with Crippen molar-refractivity contribution in [2.24, 2.45) is 0 Å². The van der Waals surface area contributed by atoms with Crippen LogP contribution >= 0.6 is 0 Å². The Labute approximate surface area is 176 Å². The molecule has 0 unspecified atom stereocenters. The van der Waals surface area contributed by atoms with Crippen LogP contribution < -0.4 is 5.56 Å². The third kappa shape index (κ3) is 4.13. The lowest BCUT2D eigenvalue weighted by Gasteiger charge is -2.35. The highest BCUT2D eigenvalue weighted by molar-refractivity contribution is 6.04. The second-order valence-electron chi connectivity index (χ2n) is 7.88. The van der Waals surface area contributed by atoms with E-state index < -0.39 is 0 Å². The first-order chi connectivity index (χ1) is 14.5. The summed E-state index contributed by atoms with van der Waals surface area (Å²) < 4.78 is 1.34. The Balaban J connectivity index is 1.65. The van der Waals surface area contributed by atoms with Crippen molar-refractivity contribution in [3.63, 3.8) is 0 Å². The van der Waals surface area contributed by atoms with Crippen molar-refractivity contribution in [1.29, 1.82) is 0 Å². The minimum absolute atomic E-state index is 0.122. The number of benzene rings is 2. The molecule has 7 nitrogen and oxygen atoms in total. The molecule has 0 saturated carbocycles. The van der Waals surface area contributed by atoms with Gasteiger partial charge in [0.15, 0.2) is 5.69 Å². The van der Waals surface area contributed by atoms with E-state index in [0.29, 0.717) is 35.2 Å². The van der Waals surface area contributed by atoms with E-state index >= 15 is 0 Å². The number of piperazine rings is 1. The first kappa shape index (κ1) is 20.3. The third-order valence-corrected chi connectivity index (χ3v) is 5.53. The summed E-state index contributed by atoms with van der Waals surface area (Å²) in [6, 6.07) is 16.5. The maximum atomic E-state index is 13.4. The maximum Gasteiger partial charge on any atom is 0.279 e. The van der Waals surface area contributed by atoms with Gasteiger partial charge in [0, 0.05) is 44.7 Å². The van der Waals surface area contributed by atoms with E-state index in [0.717, 1.165) is 26.2 Å². The zero-order valence-corrected chi connectivity index (χ0v) is 17.5. The molecule has 2 heterocycles. The second kappa shape index (κ2) is 8.77. The normalized spacial score (nSPS) is 15.1. The van der Waals surface area contributed by atoms with E-state index in [1.165, 1.54) is 4.68 Å². The van der Waals surface area contributed by atoms with Crippen LogP contribution in [-0.4, -0.2) is 83.8 Å². The van der Waals surface area contributed by atoms with Gasteiger partial charge >= 0.3 is 0 Å². The van der Waals surface area contributed by atoms with Crippen LogP contribution in [0.4, 0.5) is 0 Å². The van der Waals surface area contributed by atoms with Crippen molar-refractivity contribution >= 4 is 16.7 Å². The first-order valence-corrected chi connectivity index (χ1v) is 10.3. The molecule has 1 amide bonds. The molecule has 30 heavy (non-hydrogen) atoms. The molecule has 156 valence electrons. The van der Waals surface area contributed by atoms with Gasteiger partial charge in [-0.25, -0.2) is 0 Å². The van der Waals surface area contributed by atoms with Crippen LogP contribution in [-0.2, 0) is 0 Å². The van der Waals surface area contributed by atoms with E-state index in [1.54, 1.807) is 12.1 Å². The van der Waals surface area contributed by atoms with E-state index in [9.17, 15) is 9.59 Å². The number of amides is 1. The molecule has 0 bridgehead atoms. The van der Waals surface area contributed by atoms with Crippen molar-refractivity contribution in [1.82, 2.24) is 24.5 Å². The van der Waals surface area contributed by atoms with Gasteiger partial charge in [0.25, 0.3) is 11.5 Å². The number of aromatic nitrogens is 2. The van der Waals surface area contributed by atoms with Crippen LogP contribution in [0.2, 0.25) is 0 Å². The molecule has 0 atom stereocenters. The quantitative estimate of drug-likeness (QED) is 0.647. The van der Waals surface area contributed by atoms with Gasteiger partial charge in [0.2, 0.25) is 0 Å². The Morgan fingerprint density at radius 2 is 1.57 bits per heavy atom. The predicted octanol–water partition coefficient (Wildman–Crippen LogP) is 1.71. The summed E-state index contributed by atoms with van der Waals surface area (Å²) in [7, 11) is 4.14. The van der Waals surface area contributed by atoms with Crippen molar-refractivity contribution in [2.75, 3.05) is 53.4 Å². The second-order valence-corrected chi connectivity index (χ2v) is 7.88. The molecule has 7 heteroatoms. The van der Waals surface area contributed by atoms with Crippen molar-refractivity contribution in [3.8, 4) is 5.69 Å². The van der Waals surface area contributed by atoms with Gasteiger partial charge < -0.3 is 9.80 Å². The zero-order chi connectivity index (χ0) is 21.1. The van der Waals surface area contributed by atoms with Crippen LogP contribution in [0, 0.1) is 0 Å². The van der Waals surface area contributed by atoms with Gasteiger partial charge in [-0.15, -0.1) is 0 Å². The van der Waals surface area contributed by atoms with E-state index in [1.807, 2.05) is 47.4 Å². The minimum Gasteiger partial charge on any atom is -0.335 e. The van der Waals surface area contributed by atoms with Gasteiger partial charge in [-0.3, -0.25) is 14.5 Å². The molecular formula is C23H27N5O2. The lowest BCUT2D eigenvalue weighted by atomic mass is 10.1. The number of carbonyl (C=O) groups excluding carboxylic acids is 1. The molecule has 1 saturated heterocycles. The standard InChI is InChI=1S/C23H27N5O2/c1-25(2)12-13-26-14-16-27(17-15-26)23(30)21-19-10-6-7-11-20(19)22(29)28(24-21)18-8-4-3-5-9-18/h3-11H,12-17H2,1-2H3. The third-order valence-electron chi connectivity index (χ3n) is 5.53. The highest BCUT2D eigenvalue weighted by atomic mass is 16.2. The van der Waals surface area contributed by atoms with Gasteiger partial charge in [-0.05, 0) is 32.3 Å².